The maximum Gasteiger partial charge on any atom is 0.163 e. The van der Waals surface area contributed by atoms with Crippen LogP contribution in [0.25, 0.3) is 33.3 Å². The van der Waals surface area contributed by atoms with Crippen molar-refractivity contribution in [3.8, 4) is 22.4 Å². The number of carbonyl (C=O) groups excluding carboxylic acids is 1. The first-order valence-corrected chi connectivity index (χ1v) is 10.2. The van der Waals surface area contributed by atoms with Crippen LogP contribution in [0.4, 0.5) is 0 Å². The van der Waals surface area contributed by atoms with Gasteiger partial charge in [-0.3, -0.25) is 4.79 Å². The molecule has 0 unspecified atom stereocenters. The van der Waals surface area contributed by atoms with Gasteiger partial charge in [-0.2, -0.15) is 0 Å². The molecular formula is C27H25NO. The molecule has 3 aromatic carbocycles. The molecule has 1 heterocycles. The molecule has 144 valence electrons. The molecule has 4 aromatic rings. The van der Waals surface area contributed by atoms with Crippen molar-refractivity contribution < 1.29 is 4.79 Å². The van der Waals surface area contributed by atoms with Crippen LogP contribution in [0.5, 0.6) is 0 Å². The Morgan fingerprint density at radius 3 is 2.28 bits per heavy atom. The fourth-order valence-corrected chi connectivity index (χ4v) is 3.66. The lowest BCUT2D eigenvalue weighted by Gasteiger charge is -2.11. The van der Waals surface area contributed by atoms with E-state index in [0.29, 0.717) is 12.3 Å². The number of hydrogen-bond donors (Lipinski definition) is 0. The SMILES string of the molecule is CCC(=O)c1cc(-c2ccc(-c3cccc(C(C)C)c3)cc2)nc2ccccc12. The third kappa shape index (κ3) is 3.84. The average molecular weight is 380 g/mol. The summed E-state index contributed by atoms with van der Waals surface area (Å²) in [6.45, 7) is 6.32. The van der Waals surface area contributed by atoms with Crippen LogP contribution in [0.1, 0.15) is 49.0 Å². The zero-order valence-corrected chi connectivity index (χ0v) is 17.1. The molecule has 0 N–H and O–H groups in total. The van der Waals surface area contributed by atoms with Gasteiger partial charge in [0.1, 0.15) is 0 Å². The highest BCUT2D eigenvalue weighted by molar-refractivity contribution is 6.08. The first-order chi connectivity index (χ1) is 14.1. The molecule has 1 aromatic heterocycles. The van der Waals surface area contributed by atoms with Crippen LogP contribution < -0.4 is 0 Å². The van der Waals surface area contributed by atoms with Crippen molar-refractivity contribution in [2.75, 3.05) is 0 Å². The van der Waals surface area contributed by atoms with Gasteiger partial charge in [-0.05, 0) is 34.7 Å². The number of aromatic nitrogens is 1. The average Bonchev–Trinajstić information content (AvgIpc) is 2.78. The van der Waals surface area contributed by atoms with Gasteiger partial charge in [0, 0.05) is 22.9 Å². The van der Waals surface area contributed by atoms with Gasteiger partial charge in [-0.25, -0.2) is 4.98 Å². The van der Waals surface area contributed by atoms with E-state index in [9.17, 15) is 4.79 Å². The van der Waals surface area contributed by atoms with E-state index < -0.39 is 0 Å². The number of Topliss-reactive ketones (excluding diaryl/α,β-unsaturated/α-hetero) is 1. The minimum absolute atomic E-state index is 0.145. The van der Waals surface area contributed by atoms with Crippen LogP contribution in [0.2, 0.25) is 0 Å². The van der Waals surface area contributed by atoms with Crippen molar-refractivity contribution in [2.24, 2.45) is 0 Å². The molecule has 0 bridgehead atoms. The van der Waals surface area contributed by atoms with E-state index in [2.05, 4.69) is 62.4 Å². The van der Waals surface area contributed by atoms with Gasteiger partial charge in [0.05, 0.1) is 11.2 Å². The summed E-state index contributed by atoms with van der Waals surface area (Å²) in [5.41, 5.74) is 7.20. The second-order valence-electron chi connectivity index (χ2n) is 7.71. The monoisotopic (exact) mass is 379 g/mol. The Morgan fingerprint density at radius 2 is 1.55 bits per heavy atom. The number of rotatable bonds is 5. The van der Waals surface area contributed by atoms with Gasteiger partial charge in [-0.1, -0.05) is 87.5 Å². The smallest absolute Gasteiger partial charge is 0.163 e. The number of hydrogen-bond acceptors (Lipinski definition) is 2. The summed E-state index contributed by atoms with van der Waals surface area (Å²) in [7, 11) is 0. The highest BCUT2D eigenvalue weighted by Crippen LogP contribution is 2.29. The van der Waals surface area contributed by atoms with Gasteiger partial charge in [0.2, 0.25) is 0 Å². The maximum atomic E-state index is 12.5. The molecular weight excluding hydrogens is 354 g/mol. The van der Waals surface area contributed by atoms with Crippen molar-refractivity contribution in [1.82, 2.24) is 4.98 Å². The molecule has 2 heteroatoms. The minimum Gasteiger partial charge on any atom is -0.294 e. The van der Waals surface area contributed by atoms with Gasteiger partial charge < -0.3 is 0 Å². The van der Waals surface area contributed by atoms with E-state index in [-0.39, 0.29) is 5.78 Å². The quantitative estimate of drug-likeness (QED) is 0.341. The number of ketones is 1. The van der Waals surface area contributed by atoms with E-state index in [1.165, 1.54) is 16.7 Å². The molecule has 0 atom stereocenters. The number of pyridine rings is 1. The van der Waals surface area contributed by atoms with E-state index in [4.69, 9.17) is 4.98 Å². The lowest BCUT2D eigenvalue weighted by molar-refractivity contribution is 0.0989. The molecule has 0 saturated carbocycles. The van der Waals surface area contributed by atoms with Gasteiger partial charge in [0.15, 0.2) is 5.78 Å². The van der Waals surface area contributed by atoms with Crippen LogP contribution in [0, 0.1) is 0 Å². The number of nitrogens with zero attached hydrogens (tertiary/aromatic N) is 1. The zero-order valence-electron chi connectivity index (χ0n) is 17.1. The number of para-hydroxylation sites is 1. The molecule has 0 amide bonds. The van der Waals surface area contributed by atoms with E-state index >= 15 is 0 Å². The molecule has 0 radical (unpaired) electrons. The predicted octanol–water partition coefficient (Wildman–Crippen LogP) is 7.28. The first kappa shape index (κ1) is 19.1. The molecule has 0 fully saturated rings. The van der Waals surface area contributed by atoms with Crippen molar-refractivity contribution in [3.63, 3.8) is 0 Å². The highest BCUT2D eigenvalue weighted by atomic mass is 16.1. The molecule has 0 aliphatic heterocycles. The van der Waals surface area contributed by atoms with Crippen LogP contribution in [-0.2, 0) is 0 Å². The summed E-state index contributed by atoms with van der Waals surface area (Å²) < 4.78 is 0. The van der Waals surface area contributed by atoms with Crippen LogP contribution in [0.3, 0.4) is 0 Å². The first-order valence-electron chi connectivity index (χ1n) is 10.2. The number of fused-ring (bicyclic) bond motifs is 1. The van der Waals surface area contributed by atoms with E-state index in [1.807, 2.05) is 37.3 Å². The number of carbonyl (C=O) groups is 1. The maximum absolute atomic E-state index is 12.5. The third-order valence-electron chi connectivity index (χ3n) is 5.40. The van der Waals surface area contributed by atoms with Crippen molar-refractivity contribution in [2.45, 2.75) is 33.1 Å². The largest absolute Gasteiger partial charge is 0.294 e. The summed E-state index contributed by atoms with van der Waals surface area (Å²) in [6.07, 6.45) is 0.485. The van der Waals surface area contributed by atoms with Gasteiger partial charge in [-0.15, -0.1) is 0 Å². The van der Waals surface area contributed by atoms with E-state index in [0.717, 1.165) is 27.7 Å². The fourth-order valence-electron chi connectivity index (χ4n) is 3.66. The summed E-state index contributed by atoms with van der Waals surface area (Å²) in [5, 5.41) is 0.922. The minimum atomic E-state index is 0.145. The molecule has 4 rings (SSSR count). The van der Waals surface area contributed by atoms with E-state index in [1.54, 1.807) is 0 Å². The molecule has 0 saturated heterocycles. The molecule has 0 aliphatic rings. The fraction of sp³-hybridized carbons (Fsp3) is 0.185. The summed E-state index contributed by atoms with van der Waals surface area (Å²) in [5.74, 6) is 0.650. The van der Waals surface area contributed by atoms with Crippen LogP contribution >= 0.6 is 0 Å². The van der Waals surface area contributed by atoms with Crippen molar-refractivity contribution >= 4 is 16.7 Å². The lowest BCUT2D eigenvalue weighted by Crippen LogP contribution is -2.00. The Bertz CT molecular complexity index is 1170. The van der Waals surface area contributed by atoms with Crippen molar-refractivity contribution in [3.05, 3.63) is 90.0 Å². The van der Waals surface area contributed by atoms with Gasteiger partial charge >= 0.3 is 0 Å². The Kier molecular flexibility index (Phi) is 5.26. The second kappa shape index (κ2) is 8.00. The Morgan fingerprint density at radius 1 is 0.828 bits per heavy atom. The molecule has 0 spiro atoms. The molecule has 29 heavy (non-hydrogen) atoms. The van der Waals surface area contributed by atoms with Crippen molar-refractivity contribution in [1.29, 1.82) is 0 Å². The number of benzene rings is 3. The molecule has 0 aliphatic carbocycles. The van der Waals surface area contributed by atoms with Crippen LogP contribution in [-0.4, -0.2) is 10.8 Å². The zero-order chi connectivity index (χ0) is 20.4. The molecule has 2 nitrogen and oxygen atoms in total. The summed E-state index contributed by atoms with van der Waals surface area (Å²) in [6, 6.07) is 26.9. The Balaban J connectivity index is 1.75. The second-order valence-corrected chi connectivity index (χ2v) is 7.71. The topological polar surface area (TPSA) is 30.0 Å². The summed E-state index contributed by atoms with van der Waals surface area (Å²) >= 11 is 0. The van der Waals surface area contributed by atoms with Crippen LogP contribution in [0.15, 0.2) is 78.9 Å². The lowest BCUT2D eigenvalue weighted by atomic mass is 9.96. The van der Waals surface area contributed by atoms with Gasteiger partial charge in [0.25, 0.3) is 0 Å². The predicted molar refractivity (Wildman–Crippen MR) is 121 cm³/mol. The Labute approximate surface area is 172 Å². The summed E-state index contributed by atoms with van der Waals surface area (Å²) in [4.78, 5) is 17.3. The normalized spacial score (nSPS) is 11.2. The standard InChI is InChI=1S/C27H25NO/c1-4-27(29)24-17-26(28-25-11-6-5-10-23(24)25)20-14-12-19(13-15-20)22-9-7-8-21(16-22)18(2)3/h5-18H,4H2,1-3H3. The Hall–Kier alpha value is -3.26. The highest BCUT2D eigenvalue weighted by Gasteiger charge is 2.12. The third-order valence-corrected chi connectivity index (χ3v) is 5.40.